The molecule has 0 amide bonds. The highest BCUT2D eigenvalue weighted by Gasteiger charge is 2.20. The van der Waals surface area contributed by atoms with E-state index in [0.29, 0.717) is 6.61 Å². The largest absolute Gasteiger partial charge is 0.492 e. The second-order valence-corrected chi connectivity index (χ2v) is 6.59. The zero-order valence-electron chi connectivity index (χ0n) is 10.6. The summed E-state index contributed by atoms with van der Waals surface area (Å²) in [6.07, 6.45) is 1.71. The molecule has 0 heterocycles. The Balaban J connectivity index is 2.41. The van der Waals surface area contributed by atoms with Crippen molar-refractivity contribution in [2.24, 2.45) is 11.1 Å². The molecule has 100 valence electrons. The van der Waals surface area contributed by atoms with Gasteiger partial charge < -0.3 is 10.5 Å². The molecule has 3 nitrogen and oxygen atoms in total. The number of hydrogen-bond donors (Lipinski definition) is 2. The van der Waals surface area contributed by atoms with Gasteiger partial charge in [-0.3, -0.25) is 5.41 Å². The molecule has 3 N–H and O–H groups in total. The maximum atomic E-state index is 7.48. The number of ether oxygens (including phenoxy) is 1. The Bertz CT molecular complexity index is 433. The predicted octanol–water partition coefficient (Wildman–Crippen LogP) is 4.33. The van der Waals surface area contributed by atoms with Crippen molar-refractivity contribution in [3.63, 3.8) is 0 Å². The molecule has 0 aliphatic carbocycles. The monoisotopic (exact) mass is 376 g/mol. The van der Waals surface area contributed by atoms with Crippen LogP contribution in [0.2, 0.25) is 0 Å². The van der Waals surface area contributed by atoms with Gasteiger partial charge in [0, 0.05) is 9.89 Å². The molecule has 18 heavy (non-hydrogen) atoms. The van der Waals surface area contributed by atoms with Crippen molar-refractivity contribution < 1.29 is 4.74 Å². The molecule has 0 atom stereocenters. The maximum absolute atomic E-state index is 7.48. The lowest BCUT2D eigenvalue weighted by Gasteiger charge is -2.22. The minimum Gasteiger partial charge on any atom is -0.492 e. The molecule has 0 saturated carbocycles. The first-order valence-corrected chi connectivity index (χ1v) is 7.34. The van der Waals surface area contributed by atoms with Gasteiger partial charge in [0.2, 0.25) is 0 Å². The smallest absolute Gasteiger partial charge is 0.133 e. The van der Waals surface area contributed by atoms with Gasteiger partial charge >= 0.3 is 0 Å². The first-order valence-electron chi connectivity index (χ1n) is 5.75. The van der Waals surface area contributed by atoms with Crippen molar-refractivity contribution >= 4 is 37.7 Å². The van der Waals surface area contributed by atoms with Gasteiger partial charge in [-0.1, -0.05) is 29.8 Å². The molecule has 0 fully saturated rings. The Labute approximate surface area is 125 Å². The summed E-state index contributed by atoms with van der Waals surface area (Å²) < 4.78 is 7.63. The highest BCUT2D eigenvalue weighted by atomic mass is 79.9. The SMILES string of the molecule is CC(C)(CCCOc1ccc(Br)cc1Br)C(=N)N. The molecule has 0 aliphatic heterocycles. The second-order valence-electron chi connectivity index (χ2n) is 4.82. The molecule has 1 rings (SSSR count). The summed E-state index contributed by atoms with van der Waals surface area (Å²) >= 11 is 6.85. The number of rotatable bonds is 6. The third-order valence-electron chi connectivity index (χ3n) is 2.83. The Morgan fingerprint density at radius 1 is 1.39 bits per heavy atom. The van der Waals surface area contributed by atoms with Crippen LogP contribution in [0.5, 0.6) is 5.75 Å². The highest BCUT2D eigenvalue weighted by molar-refractivity contribution is 9.11. The van der Waals surface area contributed by atoms with Gasteiger partial charge in [0.25, 0.3) is 0 Å². The molecule has 1 aromatic carbocycles. The summed E-state index contributed by atoms with van der Waals surface area (Å²) in [7, 11) is 0. The summed E-state index contributed by atoms with van der Waals surface area (Å²) in [6, 6.07) is 5.82. The first kappa shape index (κ1) is 15.5. The lowest BCUT2D eigenvalue weighted by Crippen LogP contribution is -2.31. The maximum Gasteiger partial charge on any atom is 0.133 e. The molecule has 0 spiro atoms. The molecule has 0 radical (unpaired) electrons. The van der Waals surface area contributed by atoms with Gasteiger partial charge in [0.05, 0.1) is 16.9 Å². The van der Waals surface area contributed by atoms with E-state index in [9.17, 15) is 0 Å². The summed E-state index contributed by atoms with van der Waals surface area (Å²) in [5.74, 6) is 1.06. The molecular weight excluding hydrogens is 360 g/mol. The van der Waals surface area contributed by atoms with E-state index >= 15 is 0 Å². The molecule has 5 heteroatoms. The Hall–Kier alpha value is -0.550. The van der Waals surface area contributed by atoms with Crippen LogP contribution in [0.15, 0.2) is 27.1 Å². The Kier molecular flexibility index (Phi) is 5.66. The van der Waals surface area contributed by atoms with Crippen molar-refractivity contribution in [2.75, 3.05) is 6.61 Å². The minimum atomic E-state index is -0.250. The van der Waals surface area contributed by atoms with Crippen LogP contribution in [-0.4, -0.2) is 12.4 Å². The zero-order valence-corrected chi connectivity index (χ0v) is 13.8. The fourth-order valence-electron chi connectivity index (χ4n) is 1.42. The van der Waals surface area contributed by atoms with E-state index in [4.69, 9.17) is 15.9 Å². The lowest BCUT2D eigenvalue weighted by molar-refractivity contribution is 0.285. The van der Waals surface area contributed by atoms with E-state index in [2.05, 4.69) is 31.9 Å². The average Bonchev–Trinajstić information content (AvgIpc) is 2.26. The van der Waals surface area contributed by atoms with Crippen LogP contribution in [-0.2, 0) is 0 Å². The molecule has 0 aliphatic rings. The number of benzene rings is 1. The minimum absolute atomic E-state index is 0.229. The van der Waals surface area contributed by atoms with E-state index in [0.717, 1.165) is 27.5 Å². The van der Waals surface area contributed by atoms with E-state index in [1.54, 1.807) is 0 Å². The highest BCUT2D eigenvalue weighted by Crippen LogP contribution is 2.29. The normalized spacial score (nSPS) is 11.3. The van der Waals surface area contributed by atoms with Gasteiger partial charge in [0.15, 0.2) is 0 Å². The predicted molar refractivity (Wildman–Crippen MR) is 82.3 cm³/mol. The van der Waals surface area contributed by atoms with Crippen LogP contribution in [0.3, 0.4) is 0 Å². The third kappa shape index (κ3) is 4.61. The van der Waals surface area contributed by atoms with E-state index < -0.39 is 0 Å². The lowest BCUT2D eigenvalue weighted by atomic mass is 9.87. The topological polar surface area (TPSA) is 59.1 Å². The number of nitrogens with one attached hydrogen (secondary N) is 1. The first-order chi connectivity index (χ1) is 8.33. The van der Waals surface area contributed by atoms with Gasteiger partial charge in [0.1, 0.15) is 5.75 Å². The fourth-order valence-corrected chi connectivity index (χ4v) is 2.58. The van der Waals surface area contributed by atoms with E-state index in [1.807, 2.05) is 32.0 Å². The molecule has 0 aromatic heterocycles. The van der Waals surface area contributed by atoms with Crippen LogP contribution in [0.4, 0.5) is 0 Å². The standard InChI is InChI=1S/C13H18Br2N2O/c1-13(2,12(16)17)6-3-7-18-11-5-4-9(14)8-10(11)15/h4-5,8H,3,6-7H2,1-2H3,(H3,16,17). The van der Waals surface area contributed by atoms with Crippen molar-refractivity contribution in [1.82, 2.24) is 0 Å². The fraction of sp³-hybridized carbons (Fsp3) is 0.462. The summed E-state index contributed by atoms with van der Waals surface area (Å²) in [5, 5.41) is 7.48. The molecule has 0 unspecified atom stereocenters. The van der Waals surface area contributed by atoms with Crippen LogP contribution >= 0.6 is 31.9 Å². The quantitative estimate of drug-likeness (QED) is 0.440. The van der Waals surface area contributed by atoms with Crippen molar-refractivity contribution in [1.29, 1.82) is 5.41 Å². The zero-order chi connectivity index (χ0) is 13.8. The van der Waals surface area contributed by atoms with Crippen molar-refractivity contribution in [3.05, 3.63) is 27.1 Å². The summed E-state index contributed by atoms with van der Waals surface area (Å²) in [4.78, 5) is 0. The van der Waals surface area contributed by atoms with Crippen molar-refractivity contribution in [2.45, 2.75) is 26.7 Å². The number of hydrogen-bond acceptors (Lipinski definition) is 2. The van der Waals surface area contributed by atoms with Gasteiger partial charge in [-0.05, 0) is 47.0 Å². The summed E-state index contributed by atoms with van der Waals surface area (Å²) in [6.45, 7) is 4.58. The number of halogens is 2. The van der Waals surface area contributed by atoms with Crippen LogP contribution in [0.25, 0.3) is 0 Å². The van der Waals surface area contributed by atoms with E-state index in [-0.39, 0.29) is 11.3 Å². The van der Waals surface area contributed by atoms with Gasteiger partial charge in [-0.15, -0.1) is 0 Å². The Morgan fingerprint density at radius 3 is 2.61 bits per heavy atom. The number of nitrogens with two attached hydrogens (primary N) is 1. The van der Waals surface area contributed by atoms with E-state index in [1.165, 1.54) is 0 Å². The molecule has 1 aromatic rings. The molecule has 0 bridgehead atoms. The molecule has 0 saturated heterocycles. The second kappa shape index (κ2) is 6.57. The Morgan fingerprint density at radius 2 is 2.06 bits per heavy atom. The summed E-state index contributed by atoms with van der Waals surface area (Å²) in [5.41, 5.74) is 5.28. The third-order valence-corrected chi connectivity index (χ3v) is 3.94. The van der Waals surface area contributed by atoms with Crippen LogP contribution < -0.4 is 10.5 Å². The van der Waals surface area contributed by atoms with Crippen LogP contribution in [0, 0.1) is 10.8 Å². The van der Waals surface area contributed by atoms with Crippen LogP contribution in [0.1, 0.15) is 26.7 Å². The average molecular weight is 378 g/mol. The number of amidine groups is 1. The van der Waals surface area contributed by atoms with Crippen molar-refractivity contribution in [3.8, 4) is 5.75 Å². The van der Waals surface area contributed by atoms with Gasteiger partial charge in [-0.2, -0.15) is 0 Å². The van der Waals surface area contributed by atoms with Gasteiger partial charge in [-0.25, -0.2) is 0 Å². The molecular formula is C13H18Br2N2O.